The van der Waals surface area contributed by atoms with Crippen molar-refractivity contribution in [1.82, 2.24) is 0 Å². The lowest BCUT2D eigenvalue weighted by Crippen LogP contribution is -2.12. The van der Waals surface area contributed by atoms with Crippen LogP contribution in [0.2, 0.25) is 0 Å². The van der Waals surface area contributed by atoms with Crippen LogP contribution in [0.25, 0.3) is 0 Å². The van der Waals surface area contributed by atoms with Crippen LogP contribution < -0.4 is 5.73 Å². The van der Waals surface area contributed by atoms with Crippen LogP contribution in [0.15, 0.2) is 36.0 Å². The highest BCUT2D eigenvalue weighted by atomic mass is 16.4. The average molecular weight is 153 g/mol. The Labute approximate surface area is 66.7 Å². The van der Waals surface area contributed by atoms with E-state index < -0.39 is 7.12 Å². The Kier molecular flexibility index (Phi) is 4.33. The van der Waals surface area contributed by atoms with Crippen molar-refractivity contribution in [2.45, 2.75) is 6.92 Å². The van der Waals surface area contributed by atoms with Gasteiger partial charge in [-0.1, -0.05) is 12.7 Å². The van der Waals surface area contributed by atoms with E-state index in [0.29, 0.717) is 11.2 Å². The third kappa shape index (κ3) is 4.41. The predicted octanol–water partition coefficient (Wildman–Crippen LogP) is -0.0267. The van der Waals surface area contributed by atoms with E-state index in [9.17, 15) is 0 Å². The Morgan fingerprint density at radius 3 is 2.36 bits per heavy atom. The molecule has 0 aliphatic rings. The molecule has 0 aromatic heterocycles. The van der Waals surface area contributed by atoms with Gasteiger partial charge in [0.25, 0.3) is 0 Å². The van der Waals surface area contributed by atoms with Crippen LogP contribution >= 0.6 is 0 Å². The maximum Gasteiger partial charge on any atom is 0.483 e. The molecule has 0 rings (SSSR count). The Balaban J connectivity index is 4.22. The molecule has 0 bridgehead atoms. The van der Waals surface area contributed by atoms with Crippen molar-refractivity contribution >= 4 is 7.12 Å². The number of hydrogen-bond donors (Lipinski definition) is 3. The lowest BCUT2D eigenvalue weighted by molar-refractivity contribution is 0.419. The first kappa shape index (κ1) is 10.0. The van der Waals surface area contributed by atoms with E-state index >= 15 is 0 Å². The summed E-state index contributed by atoms with van der Waals surface area (Å²) in [6, 6.07) is 0. The Hall–Kier alpha value is -0.995. The topological polar surface area (TPSA) is 66.5 Å². The van der Waals surface area contributed by atoms with Crippen molar-refractivity contribution < 1.29 is 10.0 Å². The molecule has 11 heavy (non-hydrogen) atoms. The van der Waals surface area contributed by atoms with E-state index in [1.54, 1.807) is 13.0 Å². The first-order chi connectivity index (χ1) is 5.07. The molecule has 0 aliphatic carbocycles. The van der Waals surface area contributed by atoms with Crippen LogP contribution in [0.3, 0.4) is 0 Å². The lowest BCUT2D eigenvalue weighted by atomic mass is 9.80. The summed E-state index contributed by atoms with van der Waals surface area (Å²) in [5, 5.41) is 17.2. The molecular weight excluding hydrogens is 141 g/mol. The van der Waals surface area contributed by atoms with Crippen LogP contribution in [0.5, 0.6) is 0 Å². The van der Waals surface area contributed by atoms with Crippen molar-refractivity contribution in [2.75, 3.05) is 0 Å². The van der Waals surface area contributed by atoms with Crippen molar-refractivity contribution in [3.05, 3.63) is 36.0 Å². The quantitative estimate of drug-likeness (QED) is 0.394. The summed E-state index contributed by atoms with van der Waals surface area (Å²) in [7, 11) is -1.41. The standard InChI is InChI=1S/C7H12BNO2/c1-3-7(9)5-4-6(2)8(10)11/h3-5,10-11H,1,9H2,2H3/b6-4+,7-5+. The van der Waals surface area contributed by atoms with Gasteiger partial charge in [-0.25, -0.2) is 0 Å². The molecule has 60 valence electrons. The first-order valence-electron chi connectivity index (χ1n) is 3.20. The molecule has 4 N–H and O–H groups in total. The van der Waals surface area contributed by atoms with Crippen LogP contribution in [0.1, 0.15) is 6.92 Å². The lowest BCUT2D eigenvalue weighted by Gasteiger charge is -1.94. The SMILES string of the molecule is C=C/C(N)=C\C=C(/C)B(O)O. The van der Waals surface area contributed by atoms with Gasteiger partial charge in [0.05, 0.1) is 0 Å². The van der Waals surface area contributed by atoms with Gasteiger partial charge in [-0.3, -0.25) is 0 Å². The highest BCUT2D eigenvalue weighted by Crippen LogP contribution is 1.95. The van der Waals surface area contributed by atoms with E-state index in [4.69, 9.17) is 15.8 Å². The molecule has 4 heteroatoms. The molecule has 0 aliphatic heterocycles. The zero-order chi connectivity index (χ0) is 8.85. The summed E-state index contributed by atoms with van der Waals surface area (Å²) in [5.74, 6) is 0. The molecule has 0 aromatic carbocycles. The monoisotopic (exact) mass is 153 g/mol. The van der Waals surface area contributed by atoms with Crippen LogP contribution in [-0.4, -0.2) is 17.2 Å². The van der Waals surface area contributed by atoms with E-state index in [2.05, 4.69) is 6.58 Å². The van der Waals surface area contributed by atoms with Gasteiger partial charge in [-0.15, -0.1) is 0 Å². The maximum absolute atomic E-state index is 8.60. The van der Waals surface area contributed by atoms with Crippen molar-refractivity contribution in [1.29, 1.82) is 0 Å². The fourth-order valence-corrected chi connectivity index (χ4v) is 0.382. The van der Waals surface area contributed by atoms with Crippen molar-refractivity contribution in [2.24, 2.45) is 5.73 Å². The third-order valence-electron chi connectivity index (χ3n) is 1.18. The highest BCUT2D eigenvalue weighted by molar-refractivity contribution is 6.50. The number of hydrogen-bond acceptors (Lipinski definition) is 3. The second-order valence-electron chi connectivity index (χ2n) is 2.16. The largest absolute Gasteiger partial charge is 0.483 e. The van der Waals surface area contributed by atoms with Gasteiger partial charge >= 0.3 is 7.12 Å². The summed E-state index contributed by atoms with van der Waals surface area (Å²) < 4.78 is 0. The normalized spacial score (nSPS) is 13.0. The minimum atomic E-state index is -1.41. The Bertz CT molecular complexity index is 197. The van der Waals surface area contributed by atoms with Crippen LogP contribution in [0, 0.1) is 0 Å². The average Bonchev–Trinajstić information content (AvgIpc) is 1.99. The van der Waals surface area contributed by atoms with Gasteiger partial charge in [0.15, 0.2) is 0 Å². The first-order valence-corrected chi connectivity index (χ1v) is 3.20. The molecule has 0 unspecified atom stereocenters. The summed E-state index contributed by atoms with van der Waals surface area (Å²) in [6.45, 7) is 5.03. The zero-order valence-electron chi connectivity index (χ0n) is 6.49. The van der Waals surface area contributed by atoms with Crippen molar-refractivity contribution in [3.8, 4) is 0 Å². The van der Waals surface area contributed by atoms with Gasteiger partial charge in [-0.2, -0.15) is 0 Å². The molecule has 0 saturated heterocycles. The van der Waals surface area contributed by atoms with E-state index in [1.165, 1.54) is 12.2 Å². The Morgan fingerprint density at radius 1 is 1.45 bits per heavy atom. The number of nitrogens with two attached hydrogens (primary N) is 1. The van der Waals surface area contributed by atoms with Crippen molar-refractivity contribution in [3.63, 3.8) is 0 Å². The predicted molar refractivity (Wildman–Crippen MR) is 46.4 cm³/mol. The third-order valence-corrected chi connectivity index (χ3v) is 1.18. The molecule has 0 fully saturated rings. The fraction of sp³-hybridized carbons (Fsp3) is 0.143. The molecule has 0 atom stereocenters. The number of allylic oxidation sites excluding steroid dienone is 4. The number of rotatable bonds is 3. The van der Waals surface area contributed by atoms with Gasteiger partial charge in [-0.05, 0) is 24.5 Å². The maximum atomic E-state index is 8.60. The summed E-state index contributed by atoms with van der Waals surface area (Å²) in [6.07, 6.45) is 4.57. The van der Waals surface area contributed by atoms with Gasteiger partial charge in [0, 0.05) is 5.70 Å². The van der Waals surface area contributed by atoms with Gasteiger partial charge in [0.1, 0.15) is 0 Å². The summed E-state index contributed by atoms with van der Waals surface area (Å²) >= 11 is 0. The van der Waals surface area contributed by atoms with E-state index in [0.717, 1.165) is 0 Å². The van der Waals surface area contributed by atoms with Crippen LogP contribution in [0.4, 0.5) is 0 Å². The zero-order valence-corrected chi connectivity index (χ0v) is 6.49. The smallest absolute Gasteiger partial charge is 0.423 e. The van der Waals surface area contributed by atoms with Crippen LogP contribution in [-0.2, 0) is 0 Å². The van der Waals surface area contributed by atoms with Gasteiger partial charge < -0.3 is 15.8 Å². The minimum absolute atomic E-state index is 0.440. The van der Waals surface area contributed by atoms with E-state index in [-0.39, 0.29) is 0 Å². The molecule has 0 radical (unpaired) electrons. The molecule has 0 spiro atoms. The molecule has 0 heterocycles. The molecule has 0 amide bonds. The summed E-state index contributed by atoms with van der Waals surface area (Å²) in [4.78, 5) is 0. The van der Waals surface area contributed by atoms with Gasteiger partial charge in [0.2, 0.25) is 0 Å². The Morgan fingerprint density at radius 2 is 2.00 bits per heavy atom. The summed E-state index contributed by atoms with van der Waals surface area (Å²) in [5.41, 5.74) is 6.29. The molecule has 3 nitrogen and oxygen atoms in total. The fourth-order valence-electron chi connectivity index (χ4n) is 0.382. The highest BCUT2D eigenvalue weighted by Gasteiger charge is 2.06. The minimum Gasteiger partial charge on any atom is -0.423 e. The second-order valence-corrected chi connectivity index (χ2v) is 2.16. The molecule has 0 saturated carbocycles. The molecule has 0 aromatic rings. The second kappa shape index (κ2) is 4.76. The van der Waals surface area contributed by atoms with E-state index in [1.807, 2.05) is 0 Å². The molecular formula is C7H12BNO2.